The van der Waals surface area contributed by atoms with Gasteiger partial charge in [0.2, 0.25) is 0 Å². The van der Waals surface area contributed by atoms with Crippen molar-refractivity contribution in [3.63, 3.8) is 0 Å². The van der Waals surface area contributed by atoms with Crippen molar-refractivity contribution >= 4 is 27.4 Å². The first-order valence-electron chi connectivity index (χ1n) is 6.10. The largest absolute Gasteiger partial charge is 0.477 e. The lowest BCUT2D eigenvalue weighted by molar-refractivity contribution is 0.0701. The summed E-state index contributed by atoms with van der Waals surface area (Å²) in [5.74, 6) is -0.863. The van der Waals surface area contributed by atoms with Crippen LogP contribution in [0.1, 0.15) is 22.2 Å². The number of fused-ring (bicyclic) bond motifs is 1. The van der Waals surface area contributed by atoms with Crippen molar-refractivity contribution in [3.05, 3.63) is 34.7 Å². The molecule has 1 aromatic heterocycles. The Balaban J connectivity index is 2.24. The van der Waals surface area contributed by atoms with Crippen LogP contribution in [0.2, 0.25) is 0 Å². The smallest absolute Gasteiger partial charge is 0.346 e. The molecule has 19 heavy (non-hydrogen) atoms. The van der Waals surface area contributed by atoms with E-state index in [1.165, 1.54) is 11.3 Å². The van der Waals surface area contributed by atoms with Crippen molar-refractivity contribution in [1.82, 2.24) is 5.32 Å². The van der Waals surface area contributed by atoms with Crippen LogP contribution in [0.15, 0.2) is 24.3 Å². The predicted octanol–water partition coefficient (Wildman–Crippen LogP) is 2.72. The van der Waals surface area contributed by atoms with E-state index >= 15 is 0 Å². The average Bonchev–Trinajstić information content (AvgIpc) is 2.78. The molecule has 0 fully saturated rings. The van der Waals surface area contributed by atoms with E-state index in [4.69, 9.17) is 4.74 Å². The Bertz CT molecular complexity index is 579. The van der Waals surface area contributed by atoms with Gasteiger partial charge in [-0.2, -0.15) is 0 Å². The Hall–Kier alpha value is -1.43. The van der Waals surface area contributed by atoms with E-state index in [0.717, 1.165) is 15.6 Å². The summed E-state index contributed by atoms with van der Waals surface area (Å²) in [5.41, 5.74) is 0.858. The van der Waals surface area contributed by atoms with Crippen molar-refractivity contribution in [1.29, 1.82) is 0 Å². The number of nitrogens with one attached hydrogen (secondary N) is 1. The van der Waals surface area contributed by atoms with Gasteiger partial charge < -0.3 is 15.2 Å². The maximum absolute atomic E-state index is 11.3. The number of thiophene rings is 1. The standard InChI is InChI=1S/C14H17NO3S/c1-9(18-2)7-15-8-11-10-5-3-4-6-12(10)19-13(11)14(16)17/h3-6,9,15H,7-8H2,1-2H3,(H,16,17). The minimum Gasteiger partial charge on any atom is -0.477 e. The number of ether oxygens (including phenoxy) is 1. The summed E-state index contributed by atoms with van der Waals surface area (Å²) in [4.78, 5) is 11.7. The molecule has 1 atom stereocenters. The molecule has 2 aromatic rings. The summed E-state index contributed by atoms with van der Waals surface area (Å²) in [6, 6.07) is 7.78. The Morgan fingerprint density at radius 3 is 2.89 bits per heavy atom. The SMILES string of the molecule is COC(C)CNCc1c(C(=O)O)sc2ccccc12. The minimum absolute atomic E-state index is 0.109. The van der Waals surface area contributed by atoms with Gasteiger partial charge in [0.25, 0.3) is 0 Å². The fourth-order valence-electron chi connectivity index (χ4n) is 1.93. The number of benzene rings is 1. The van der Waals surface area contributed by atoms with Crippen LogP contribution in [0.5, 0.6) is 0 Å². The van der Waals surface area contributed by atoms with E-state index in [0.29, 0.717) is 18.0 Å². The van der Waals surface area contributed by atoms with Crippen molar-refractivity contribution in [2.24, 2.45) is 0 Å². The molecule has 5 heteroatoms. The highest BCUT2D eigenvalue weighted by atomic mass is 32.1. The first kappa shape index (κ1) is 14.0. The second kappa shape index (κ2) is 6.14. The fourth-order valence-corrected chi connectivity index (χ4v) is 2.99. The van der Waals surface area contributed by atoms with Gasteiger partial charge in [-0.3, -0.25) is 0 Å². The lowest BCUT2D eigenvalue weighted by Gasteiger charge is -2.10. The van der Waals surface area contributed by atoms with E-state index in [9.17, 15) is 9.90 Å². The molecule has 1 aromatic carbocycles. The number of aromatic carboxylic acids is 1. The number of hydrogen-bond donors (Lipinski definition) is 2. The van der Waals surface area contributed by atoms with Crippen LogP contribution in [0.25, 0.3) is 10.1 Å². The zero-order chi connectivity index (χ0) is 13.8. The Kier molecular flexibility index (Phi) is 4.52. The van der Waals surface area contributed by atoms with Gasteiger partial charge in [0, 0.05) is 24.9 Å². The number of carboxylic acids is 1. The van der Waals surface area contributed by atoms with Gasteiger partial charge in [-0.05, 0) is 23.9 Å². The molecule has 0 bridgehead atoms. The van der Waals surface area contributed by atoms with Crippen LogP contribution < -0.4 is 5.32 Å². The van der Waals surface area contributed by atoms with E-state index < -0.39 is 5.97 Å². The van der Waals surface area contributed by atoms with Crippen LogP contribution in [0, 0.1) is 0 Å². The number of carboxylic acid groups (broad SMARTS) is 1. The Labute approximate surface area is 116 Å². The number of carbonyl (C=O) groups is 1. The van der Waals surface area contributed by atoms with E-state index in [1.807, 2.05) is 31.2 Å². The molecule has 1 heterocycles. The molecule has 4 nitrogen and oxygen atoms in total. The molecule has 0 aliphatic carbocycles. The minimum atomic E-state index is -0.863. The summed E-state index contributed by atoms with van der Waals surface area (Å²) in [6.45, 7) is 3.20. The molecule has 0 saturated heterocycles. The molecular formula is C14H17NO3S. The first-order valence-corrected chi connectivity index (χ1v) is 6.92. The van der Waals surface area contributed by atoms with Gasteiger partial charge in [0.15, 0.2) is 0 Å². The number of rotatable bonds is 6. The average molecular weight is 279 g/mol. The zero-order valence-corrected chi connectivity index (χ0v) is 11.8. The maximum Gasteiger partial charge on any atom is 0.346 e. The predicted molar refractivity (Wildman–Crippen MR) is 77.0 cm³/mol. The van der Waals surface area contributed by atoms with Crippen molar-refractivity contribution in [2.75, 3.05) is 13.7 Å². The van der Waals surface area contributed by atoms with Gasteiger partial charge in [0.05, 0.1) is 6.10 Å². The topological polar surface area (TPSA) is 58.6 Å². The highest BCUT2D eigenvalue weighted by Gasteiger charge is 2.17. The van der Waals surface area contributed by atoms with Crippen LogP contribution in [0.4, 0.5) is 0 Å². The van der Waals surface area contributed by atoms with Crippen molar-refractivity contribution in [3.8, 4) is 0 Å². The van der Waals surface area contributed by atoms with Crippen molar-refractivity contribution < 1.29 is 14.6 Å². The Morgan fingerprint density at radius 2 is 2.21 bits per heavy atom. The van der Waals surface area contributed by atoms with Gasteiger partial charge >= 0.3 is 5.97 Å². The third kappa shape index (κ3) is 3.12. The highest BCUT2D eigenvalue weighted by molar-refractivity contribution is 7.21. The lowest BCUT2D eigenvalue weighted by atomic mass is 10.1. The van der Waals surface area contributed by atoms with Gasteiger partial charge in [-0.15, -0.1) is 11.3 Å². The summed E-state index contributed by atoms with van der Waals surface area (Å²) in [5, 5.41) is 13.5. The molecule has 2 N–H and O–H groups in total. The molecule has 102 valence electrons. The third-order valence-electron chi connectivity index (χ3n) is 3.03. The van der Waals surface area contributed by atoms with E-state index in [-0.39, 0.29) is 6.10 Å². The lowest BCUT2D eigenvalue weighted by Crippen LogP contribution is -2.26. The summed E-state index contributed by atoms with van der Waals surface area (Å²) in [7, 11) is 1.66. The molecule has 0 aliphatic heterocycles. The molecule has 0 saturated carbocycles. The fraction of sp³-hybridized carbons (Fsp3) is 0.357. The first-order chi connectivity index (χ1) is 9.13. The quantitative estimate of drug-likeness (QED) is 0.853. The number of hydrogen-bond acceptors (Lipinski definition) is 4. The molecule has 0 aliphatic rings. The second-order valence-corrected chi connectivity index (χ2v) is 5.44. The van der Waals surface area contributed by atoms with Crippen LogP contribution >= 0.6 is 11.3 Å². The maximum atomic E-state index is 11.3. The van der Waals surface area contributed by atoms with Crippen molar-refractivity contribution in [2.45, 2.75) is 19.6 Å². The van der Waals surface area contributed by atoms with Crippen LogP contribution in [-0.4, -0.2) is 30.8 Å². The van der Waals surface area contributed by atoms with E-state index in [1.54, 1.807) is 7.11 Å². The van der Waals surface area contributed by atoms with Gasteiger partial charge in [0.1, 0.15) is 4.88 Å². The summed E-state index contributed by atoms with van der Waals surface area (Å²) < 4.78 is 6.17. The molecule has 2 rings (SSSR count). The molecule has 0 spiro atoms. The molecular weight excluding hydrogens is 262 g/mol. The summed E-state index contributed by atoms with van der Waals surface area (Å²) >= 11 is 1.33. The molecule has 0 amide bonds. The monoisotopic (exact) mass is 279 g/mol. The highest BCUT2D eigenvalue weighted by Crippen LogP contribution is 2.31. The van der Waals surface area contributed by atoms with Gasteiger partial charge in [-0.25, -0.2) is 4.79 Å². The second-order valence-electron chi connectivity index (χ2n) is 4.39. The van der Waals surface area contributed by atoms with Crippen LogP contribution in [0.3, 0.4) is 0 Å². The van der Waals surface area contributed by atoms with E-state index in [2.05, 4.69) is 5.32 Å². The number of methoxy groups -OCH3 is 1. The van der Waals surface area contributed by atoms with Gasteiger partial charge in [-0.1, -0.05) is 18.2 Å². The molecule has 1 unspecified atom stereocenters. The zero-order valence-electron chi connectivity index (χ0n) is 11.0. The summed E-state index contributed by atoms with van der Waals surface area (Å²) in [6.07, 6.45) is 0.109. The molecule has 0 radical (unpaired) electrons. The van der Waals surface area contributed by atoms with Crippen LogP contribution in [-0.2, 0) is 11.3 Å². The normalized spacial score (nSPS) is 12.7. The third-order valence-corrected chi connectivity index (χ3v) is 4.23. The Morgan fingerprint density at radius 1 is 1.47 bits per heavy atom.